The number of hydrogen-bond acceptors (Lipinski definition) is 3. The highest BCUT2D eigenvalue weighted by Gasteiger charge is 2.06. The Morgan fingerprint density at radius 3 is 2.63 bits per heavy atom. The Balaban J connectivity index is 2.57. The van der Waals surface area contributed by atoms with Gasteiger partial charge in [0.2, 0.25) is 5.91 Å². The monoisotopic (exact) mass is 264 g/mol. The van der Waals surface area contributed by atoms with Crippen LogP contribution in [-0.4, -0.2) is 32.6 Å². The summed E-state index contributed by atoms with van der Waals surface area (Å²) in [7, 11) is 3.39. The minimum absolute atomic E-state index is 0.0467. The number of urea groups is 1. The molecule has 19 heavy (non-hydrogen) atoms. The lowest BCUT2D eigenvalue weighted by Gasteiger charge is -2.13. The van der Waals surface area contributed by atoms with Gasteiger partial charge in [0, 0.05) is 18.8 Å². The number of nitrogens with one attached hydrogen (secondary N) is 4. The van der Waals surface area contributed by atoms with Gasteiger partial charge in [0.05, 0.1) is 6.54 Å². The molecule has 1 aromatic rings. The summed E-state index contributed by atoms with van der Waals surface area (Å²) in [4.78, 5) is 22.6. The van der Waals surface area contributed by atoms with Gasteiger partial charge in [-0.1, -0.05) is 12.1 Å². The molecule has 104 valence electrons. The summed E-state index contributed by atoms with van der Waals surface area (Å²) in [5.41, 5.74) is 1.76. The molecule has 0 bridgehead atoms. The van der Waals surface area contributed by atoms with Gasteiger partial charge in [0.25, 0.3) is 0 Å². The maximum Gasteiger partial charge on any atom is 0.319 e. The van der Waals surface area contributed by atoms with Gasteiger partial charge in [-0.25, -0.2) is 4.79 Å². The fraction of sp³-hybridized carbons (Fsp3) is 0.385. The van der Waals surface area contributed by atoms with Crippen LogP contribution >= 0.6 is 0 Å². The Bertz CT molecular complexity index is 448. The average molecular weight is 264 g/mol. The van der Waals surface area contributed by atoms with Crippen LogP contribution in [-0.2, 0) is 4.79 Å². The summed E-state index contributed by atoms with van der Waals surface area (Å²) in [6.45, 7) is 1.99. The summed E-state index contributed by atoms with van der Waals surface area (Å²) >= 11 is 0. The average Bonchev–Trinajstić information content (AvgIpc) is 2.44. The number of carbonyl (C=O) groups excluding carboxylic acids is 2. The highest BCUT2D eigenvalue weighted by atomic mass is 16.2. The number of anilines is 1. The summed E-state index contributed by atoms with van der Waals surface area (Å²) in [5.74, 6) is -0.243. The van der Waals surface area contributed by atoms with Crippen LogP contribution in [0.5, 0.6) is 0 Å². The van der Waals surface area contributed by atoms with E-state index < -0.39 is 6.03 Å². The molecule has 0 radical (unpaired) electrons. The number of benzene rings is 1. The molecular formula is C13H20N4O2. The largest absolute Gasteiger partial charge is 0.358 e. The summed E-state index contributed by atoms with van der Waals surface area (Å²) in [6.07, 6.45) is 0. The zero-order valence-electron chi connectivity index (χ0n) is 11.4. The maximum atomic E-state index is 11.6. The van der Waals surface area contributed by atoms with Gasteiger partial charge in [-0.15, -0.1) is 0 Å². The molecule has 0 aromatic heterocycles. The standard InChI is InChI=1S/C13H20N4O2/c1-9(14-2)10-5-4-6-11(7-10)17-13(19)16-8-12(18)15-3/h4-7,9,14H,8H2,1-3H3,(H,15,18)(H2,16,17,19). The van der Waals surface area contributed by atoms with E-state index in [9.17, 15) is 9.59 Å². The van der Waals surface area contributed by atoms with Gasteiger partial charge >= 0.3 is 6.03 Å². The van der Waals surface area contributed by atoms with E-state index in [2.05, 4.69) is 21.3 Å². The number of likely N-dealkylation sites (N-methyl/N-ethyl adjacent to an activating group) is 1. The Hall–Kier alpha value is -2.08. The van der Waals surface area contributed by atoms with Crippen molar-refractivity contribution in [3.05, 3.63) is 29.8 Å². The zero-order chi connectivity index (χ0) is 14.3. The van der Waals surface area contributed by atoms with Crippen molar-refractivity contribution in [3.8, 4) is 0 Å². The maximum absolute atomic E-state index is 11.6. The van der Waals surface area contributed by atoms with Gasteiger partial charge in [-0.2, -0.15) is 0 Å². The Kier molecular flexibility index (Phi) is 5.81. The third kappa shape index (κ3) is 4.97. The fourth-order valence-electron chi connectivity index (χ4n) is 1.48. The van der Waals surface area contributed by atoms with E-state index in [1.54, 1.807) is 6.07 Å². The highest BCUT2D eigenvalue weighted by Crippen LogP contribution is 2.16. The minimum atomic E-state index is -0.405. The van der Waals surface area contributed by atoms with Crippen molar-refractivity contribution in [3.63, 3.8) is 0 Å². The van der Waals surface area contributed by atoms with Crippen LogP contribution in [0.25, 0.3) is 0 Å². The first-order chi connectivity index (χ1) is 9.06. The van der Waals surface area contributed by atoms with Gasteiger partial charge in [-0.3, -0.25) is 4.79 Å². The highest BCUT2D eigenvalue weighted by molar-refractivity contribution is 5.92. The van der Waals surface area contributed by atoms with Crippen molar-refractivity contribution in [2.45, 2.75) is 13.0 Å². The first-order valence-electron chi connectivity index (χ1n) is 6.09. The molecule has 0 saturated heterocycles. The summed E-state index contributed by atoms with van der Waals surface area (Å²) < 4.78 is 0. The van der Waals surface area contributed by atoms with E-state index in [4.69, 9.17) is 0 Å². The Labute approximate surface area is 113 Å². The number of hydrogen-bond donors (Lipinski definition) is 4. The molecule has 1 unspecified atom stereocenters. The molecule has 6 heteroatoms. The van der Waals surface area contributed by atoms with Gasteiger partial charge < -0.3 is 21.3 Å². The predicted octanol–water partition coefficient (Wildman–Crippen LogP) is 0.834. The molecule has 0 aliphatic heterocycles. The molecule has 0 fully saturated rings. The quantitative estimate of drug-likeness (QED) is 0.636. The molecule has 1 atom stereocenters. The first-order valence-corrected chi connectivity index (χ1v) is 6.09. The van der Waals surface area contributed by atoms with Crippen molar-refractivity contribution in [2.24, 2.45) is 0 Å². The van der Waals surface area contributed by atoms with Crippen LogP contribution in [0.2, 0.25) is 0 Å². The van der Waals surface area contributed by atoms with Crippen molar-refractivity contribution >= 4 is 17.6 Å². The molecule has 0 aliphatic carbocycles. The third-order valence-electron chi connectivity index (χ3n) is 2.77. The van der Waals surface area contributed by atoms with Crippen LogP contribution in [0.1, 0.15) is 18.5 Å². The first kappa shape index (κ1) is 15.0. The van der Waals surface area contributed by atoms with Crippen LogP contribution in [0.3, 0.4) is 0 Å². The smallest absolute Gasteiger partial charge is 0.319 e. The summed E-state index contributed by atoms with van der Waals surface area (Å²) in [6, 6.07) is 7.34. The van der Waals surface area contributed by atoms with E-state index in [1.807, 2.05) is 32.2 Å². The normalized spacial score (nSPS) is 11.5. The second-order valence-corrected chi connectivity index (χ2v) is 4.12. The minimum Gasteiger partial charge on any atom is -0.358 e. The lowest BCUT2D eigenvalue weighted by atomic mass is 10.1. The number of rotatable bonds is 5. The van der Waals surface area contributed by atoms with E-state index in [-0.39, 0.29) is 18.5 Å². The molecule has 0 saturated carbocycles. The second-order valence-electron chi connectivity index (χ2n) is 4.12. The summed E-state index contributed by atoms with van der Waals surface area (Å²) in [5, 5.41) is 10.7. The van der Waals surface area contributed by atoms with E-state index >= 15 is 0 Å². The van der Waals surface area contributed by atoms with Crippen LogP contribution in [0.4, 0.5) is 10.5 Å². The molecule has 3 amide bonds. The SMILES string of the molecule is CNC(=O)CNC(=O)Nc1cccc(C(C)NC)c1. The molecule has 1 rings (SSSR count). The van der Waals surface area contributed by atoms with Gasteiger partial charge in [-0.05, 0) is 31.7 Å². The molecule has 0 spiro atoms. The van der Waals surface area contributed by atoms with Crippen molar-refractivity contribution < 1.29 is 9.59 Å². The van der Waals surface area contributed by atoms with Gasteiger partial charge in [0.1, 0.15) is 0 Å². The number of amides is 3. The van der Waals surface area contributed by atoms with E-state index in [0.717, 1.165) is 5.56 Å². The molecule has 0 heterocycles. The second kappa shape index (κ2) is 7.38. The van der Waals surface area contributed by atoms with Crippen LogP contribution in [0, 0.1) is 0 Å². The third-order valence-corrected chi connectivity index (χ3v) is 2.77. The van der Waals surface area contributed by atoms with E-state index in [1.165, 1.54) is 7.05 Å². The van der Waals surface area contributed by atoms with Crippen molar-refractivity contribution in [2.75, 3.05) is 26.0 Å². The van der Waals surface area contributed by atoms with Crippen LogP contribution < -0.4 is 21.3 Å². The zero-order valence-corrected chi connectivity index (χ0v) is 11.4. The predicted molar refractivity (Wildman–Crippen MR) is 75.0 cm³/mol. The topological polar surface area (TPSA) is 82.3 Å². The molecule has 4 N–H and O–H groups in total. The lowest BCUT2D eigenvalue weighted by Crippen LogP contribution is -2.37. The molecule has 0 aliphatic rings. The van der Waals surface area contributed by atoms with Crippen molar-refractivity contribution in [1.29, 1.82) is 0 Å². The van der Waals surface area contributed by atoms with Crippen molar-refractivity contribution in [1.82, 2.24) is 16.0 Å². The van der Waals surface area contributed by atoms with Gasteiger partial charge in [0.15, 0.2) is 0 Å². The molecule has 1 aromatic carbocycles. The Morgan fingerprint density at radius 1 is 1.26 bits per heavy atom. The van der Waals surface area contributed by atoms with Crippen LogP contribution in [0.15, 0.2) is 24.3 Å². The molecule has 6 nitrogen and oxygen atoms in total. The van der Waals surface area contributed by atoms with E-state index in [0.29, 0.717) is 5.69 Å². The number of carbonyl (C=O) groups is 2. The Morgan fingerprint density at radius 2 is 2.00 bits per heavy atom. The fourth-order valence-corrected chi connectivity index (χ4v) is 1.48. The molecular weight excluding hydrogens is 244 g/mol. The lowest BCUT2D eigenvalue weighted by molar-refractivity contribution is -0.119.